The maximum Gasteiger partial charge on any atom is 0.253 e. The number of nitrogens with zero attached hydrogens (tertiary/aromatic N) is 1. The number of halogens is 1. The molecule has 1 aliphatic heterocycles. The molecule has 2 amide bonds. The zero-order valence-electron chi connectivity index (χ0n) is 13.1. The van der Waals surface area contributed by atoms with E-state index in [4.69, 9.17) is 0 Å². The number of aromatic nitrogens is 1. The van der Waals surface area contributed by atoms with Gasteiger partial charge in [-0.25, -0.2) is 4.39 Å². The van der Waals surface area contributed by atoms with E-state index in [0.717, 1.165) is 6.42 Å². The molecule has 6 heteroatoms. The topological polar surface area (TPSA) is 71.1 Å². The number of amides is 2. The van der Waals surface area contributed by atoms with Gasteiger partial charge in [0.15, 0.2) is 0 Å². The third-order valence-corrected chi connectivity index (χ3v) is 4.01. The summed E-state index contributed by atoms with van der Waals surface area (Å²) >= 11 is 0. The number of piperidine rings is 1. The zero-order valence-corrected chi connectivity index (χ0v) is 13.1. The fourth-order valence-electron chi connectivity index (χ4n) is 2.65. The molecule has 0 radical (unpaired) electrons. The van der Waals surface area contributed by atoms with E-state index in [1.807, 2.05) is 0 Å². The van der Waals surface area contributed by atoms with Gasteiger partial charge in [0.05, 0.1) is 5.56 Å². The van der Waals surface area contributed by atoms with Crippen molar-refractivity contribution in [1.82, 2.24) is 15.6 Å². The first-order valence-electron chi connectivity index (χ1n) is 7.90. The molecule has 0 saturated carbocycles. The summed E-state index contributed by atoms with van der Waals surface area (Å²) in [5.41, 5.74) is 1.61. The Labute approximate surface area is 139 Å². The van der Waals surface area contributed by atoms with Crippen molar-refractivity contribution in [2.45, 2.75) is 25.3 Å². The molecule has 5 nitrogen and oxygen atoms in total. The van der Waals surface area contributed by atoms with Crippen molar-refractivity contribution in [3.8, 4) is 0 Å². The molecule has 1 atom stereocenters. The third kappa shape index (κ3) is 3.76. The van der Waals surface area contributed by atoms with Gasteiger partial charge in [0, 0.05) is 24.9 Å². The highest BCUT2D eigenvalue weighted by molar-refractivity contribution is 5.97. The van der Waals surface area contributed by atoms with Crippen LogP contribution >= 0.6 is 0 Å². The standard InChI is InChI=1S/C18H18FN3O2/c19-15-5-2-1-4-12(15)10-14-8-7-13(11-21-14)17(23)22-16-6-3-9-20-18(16)24/h1-2,4-5,7-8,11,16H,3,6,9-10H2,(H,20,24)(H,22,23). The maximum atomic E-state index is 13.7. The molecule has 0 bridgehead atoms. The van der Waals surface area contributed by atoms with Crippen LogP contribution < -0.4 is 10.6 Å². The summed E-state index contributed by atoms with van der Waals surface area (Å²) in [5.74, 6) is -0.759. The molecule has 24 heavy (non-hydrogen) atoms. The van der Waals surface area contributed by atoms with Crippen LogP contribution in [0.3, 0.4) is 0 Å². The summed E-state index contributed by atoms with van der Waals surface area (Å²) in [4.78, 5) is 28.1. The second kappa shape index (κ2) is 7.21. The lowest BCUT2D eigenvalue weighted by atomic mass is 10.1. The van der Waals surface area contributed by atoms with Crippen LogP contribution in [0.15, 0.2) is 42.6 Å². The van der Waals surface area contributed by atoms with Crippen LogP contribution in [0.5, 0.6) is 0 Å². The summed E-state index contributed by atoms with van der Waals surface area (Å²) in [5, 5.41) is 5.44. The number of rotatable bonds is 4. The van der Waals surface area contributed by atoms with Crippen molar-refractivity contribution < 1.29 is 14.0 Å². The lowest BCUT2D eigenvalue weighted by Gasteiger charge is -2.22. The summed E-state index contributed by atoms with van der Waals surface area (Å²) in [6, 6.07) is 9.37. The lowest BCUT2D eigenvalue weighted by Crippen LogP contribution is -2.50. The largest absolute Gasteiger partial charge is 0.354 e. The number of carbonyl (C=O) groups is 2. The van der Waals surface area contributed by atoms with Gasteiger partial charge < -0.3 is 10.6 Å². The molecule has 2 aromatic rings. The van der Waals surface area contributed by atoms with E-state index in [-0.39, 0.29) is 17.6 Å². The van der Waals surface area contributed by atoms with Gasteiger partial charge in [-0.2, -0.15) is 0 Å². The molecule has 1 aromatic carbocycles. The Kier molecular flexibility index (Phi) is 4.84. The van der Waals surface area contributed by atoms with Gasteiger partial charge in [0.2, 0.25) is 5.91 Å². The Morgan fingerprint density at radius 3 is 2.83 bits per heavy atom. The molecule has 0 spiro atoms. The van der Waals surface area contributed by atoms with Crippen LogP contribution in [-0.4, -0.2) is 29.4 Å². The number of hydrogen-bond acceptors (Lipinski definition) is 3. The third-order valence-electron chi connectivity index (χ3n) is 4.01. The van der Waals surface area contributed by atoms with Crippen molar-refractivity contribution >= 4 is 11.8 Å². The van der Waals surface area contributed by atoms with Crippen LogP contribution in [0.25, 0.3) is 0 Å². The first-order valence-corrected chi connectivity index (χ1v) is 7.90. The minimum Gasteiger partial charge on any atom is -0.354 e. The van der Waals surface area contributed by atoms with E-state index in [1.165, 1.54) is 12.3 Å². The van der Waals surface area contributed by atoms with Gasteiger partial charge in [-0.1, -0.05) is 18.2 Å². The number of benzene rings is 1. The van der Waals surface area contributed by atoms with Gasteiger partial charge in [0.25, 0.3) is 5.91 Å². The average molecular weight is 327 g/mol. The highest BCUT2D eigenvalue weighted by atomic mass is 19.1. The van der Waals surface area contributed by atoms with Crippen LogP contribution in [-0.2, 0) is 11.2 Å². The fourth-order valence-corrected chi connectivity index (χ4v) is 2.65. The Morgan fingerprint density at radius 2 is 2.12 bits per heavy atom. The molecule has 1 aliphatic rings. The highest BCUT2D eigenvalue weighted by Gasteiger charge is 2.24. The lowest BCUT2D eigenvalue weighted by molar-refractivity contribution is -0.124. The average Bonchev–Trinajstić information content (AvgIpc) is 2.59. The minimum atomic E-state index is -0.496. The fraction of sp³-hybridized carbons (Fsp3) is 0.278. The van der Waals surface area contributed by atoms with Crippen molar-refractivity contribution in [3.63, 3.8) is 0 Å². The zero-order chi connectivity index (χ0) is 16.9. The van der Waals surface area contributed by atoms with Crippen LogP contribution in [0, 0.1) is 5.82 Å². The minimum absolute atomic E-state index is 0.154. The molecule has 0 aliphatic carbocycles. The quantitative estimate of drug-likeness (QED) is 0.900. The molecule has 1 aromatic heterocycles. The summed E-state index contributed by atoms with van der Waals surface area (Å²) < 4.78 is 13.7. The van der Waals surface area contributed by atoms with Gasteiger partial charge in [-0.15, -0.1) is 0 Å². The van der Waals surface area contributed by atoms with Crippen LogP contribution in [0.1, 0.15) is 34.5 Å². The van der Waals surface area contributed by atoms with Gasteiger partial charge >= 0.3 is 0 Å². The molecule has 1 unspecified atom stereocenters. The van der Waals surface area contributed by atoms with Gasteiger partial charge in [0.1, 0.15) is 11.9 Å². The monoisotopic (exact) mass is 327 g/mol. The summed E-state index contributed by atoms with van der Waals surface area (Å²) in [6.07, 6.45) is 3.29. The Hall–Kier alpha value is -2.76. The number of hydrogen-bond donors (Lipinski definition) is 2. The molecule has 124 valence electrons. The Morgan fingerprint density at radius 1 is 1.29 bits per heavy atom. The second-order valence-electron chi connectivity index (χ2n) is 5.77. The van der Waals surface area contributed by atoms with Crippen molar-refractivity contribution in [2.24, 2.45) is 0 Å². The van der Waals surface area contributed by atoms with Crippen LogP contribution in [0.2, 0.25) is 0 Å². The van der Waals surface area contributed by atoms with E-state index in [1.54, 1.807) is 30.3 Å². The maximum absolute atomic E-state index is 13.7. The first kappa shape index (κ1) is 16.1. The molecule has 2 heterocycles. The van der Waals surface area contributed by atoms with E-state index < -0.39 is 6.04 Å². The smallest absolute Gasteiger partial charge is 0.253 e. The second-order valence-corrected chi connectivity index (χ2v) is 5.77. The number of carbonyl (C=O) groups excluding carboxylic acids is 2. The first-order chi connectivity index (χ1) is 11.6. The van der Waals surface area contributed by atoms with E-state index >= 15 is 0 Å². The van der Waals surface area contributed by atoms with Crippen molar-refractivity contribution in [3.05, 3.63) is 65.2 Å². The van der Waals surface area contributed by atoms with Crippen molar-refractivity contribution in [2.75, 3.05) is 6.54 Å². The molecular weight excluding hydrogens is 309 g/mol. The van der Waals surface area contributed by atoms with Crippen molar-refractivity contribution in [1.29, 1.82) is 0 Å². The number of nitrogens with one attached hydrogen (secondary N) is 2. The highest BCUT2D eigenvalue weighted by Crippen LogP contribution is 2.12. The molecule has 2 N–H and O–H groups in total. The summed E-state index contributed by atoms with van der Waals surface area (Å²) in [6.45, 7) is 0.650. The van der Waals surface area contributed by atoms with Gasteiger partial charge in [-0.3, -0.25) is 14.6 Å². The van der Waals surface area contributed by atoms with Crippen LogP contribution in [0.4, 0.5) is 4.39 Å². The van der Waals surface area contributed by atoms with E-state index in [2.05, 4.69) is 15.6 Å². The van der Waals surface area contributed by atoms with Gasteiger partial charge in [-0.05, 0) is 36.6 Å². The molecule has 3 rings (SSSR count). The normalized spacial score (nSPS) is 17.2. The SMILES string of the molecule is O=C(NC1CCCNC1=O)c1ccc(Cc2ccccc2F)nc1. The number of pyridine rings is 1. The van der Waals surface area contributed by atoms with E-state index in [0.29, 0.717) is 36.2 Å². The van der Waals surface area contributed by atoms with E-state index in [9.17, 15) is 14.0 Å². The molecular formula is C18H18FN3O2. The molecule has 1 saturated heterocycles. The summed E-state index contributed by atoms with van der Waals surface area (Å²) in [7, 11) is 0. The predicted molar refractivity (Wildman–Crippen MR) is 86.9 cm³/mol. The Bertz CT molecular complexity index is 746. The Balaban J connectivity index is 1.64. The molecule has 1 fully saturated rings. The predicted octanol–water partition coefficient (Wildman–Crippen LogP) is 1.82.